The lowest BCUT2D eigenvalue weighted by Crippen LogP contribution is -2.24. The quantitative estimate of drug-likeness (QED) is 0.359. The molecule has 0 heterocycles. The first kappa shape index (κ1) is 18.8. The first-order valence-electron chi connectivity index (χ1n) is 7.78. The number of hydrogen-bond acceptors (Lipinski definition) is 5. The molecule has 2 aromatic carbocycles. The lowest BCUT2D eigenvalue weighted by atomic mass is 10.1. The highest BCUT2D eigenvalue weighted by Crippen LogP contribution is 2.18. The van der Waals surface area contributed by atoms with Gasteiger partial charge in [0.05, 0.1) is 11.1 Å². The standard InChI is InChI=1S/C18H18N4O4/c1-12-3-7-15(8-4-12)20-17(23)10-18(24)21-19-11-14-6-5-13(2)16(9-14)22(25)26/h3-9,11H,10H2,1-2H3,(H,20,23)(H,21,24). The molecule has 0 radical (unpaired) electrons. The summed E-state index contributed by atoms with van der Waals surface area (Å²) in [6, 6.07) is 11.8. The number of carbonyl (C=O) groups excluding carboxylic acids is 2. The third kappa shape index (κ3) is 5.52. The summed E-state index contributed by atoms with van der Waals surface area (Å²) in [4.78, 5) is 33.9. The maximum atomic E-state index is 11.8. The minimum Gasteiger partial charge on any atom is -0.326 e. The van der Waals surface area contributed by atoms with Gasteiger partial charge >= 0.3 is 0 Å². The minimum atomic E-state index is -0.590. The summed E-state index contributed by atoms with van der Waals surface area (Å²) >= 11 is 0. The topological polar surface area (TPSA) is 114 Å². The predicted octanol–water partition coefficient (Wildman–Crippen LogP) is 2.69. The molecule has 134 valence electrons. The summed E-state index contributed by atoms with van der Waals surface area (Å²) in [7, 11) is 0. The first-order valence-corrected chi connectivity index (χ1v) is 7.78. The Morgan fingerprint density at radius 2 is 1.81 bits per heavy atom. The highest BCUT2D eigenvalue weighted by molar-refractivity contribution is 6.03. The van der Waals surface area contributed by atoms with Gasteiger partial charge in [0.15, 0.2) is 0 Å². The van der Waals surface area contributed by atoms with E-state index in [2.05, 4.69) is 15.8 Å². The summed E-state index contributed by atoms with van der Waals surface area (Å²) in [6.45, 7) is 3.56. The van der Waals surface area contributed by atoms with E-state index in [-0.39, 0.29) is 12.1 Å². The second kappa shape index (κ2) is 8.52. The first-order chi connectivity index (χ1) is 12.3. The second-order valence-corrected chi connectivity index (χ2v) is 5.69. The Kier molecular flexibility index (Phi) is 6.15. The van der Waals surface area contributed by atoms with Crippen LogP contribution in [0.25, 0.3) is 0 Å². The van der Waals surface area contributed by atoms with Crippen LogP contribution in [0.15, 0.2) is 47.6 Å². The Hall–Kier alpha value is -3.55. The Bertz CT molecular complexity index is 860. The van der Waals surface area contributed by atoms with Gasteiger partial charge in [-0.2, -0.15) is 5.10 Å². The number of aryl methyl sites for hydroxylation is 2. The van der Waals surface area contributed by atoms with Gasteiger partial charge in [0, 0.05) is 22.9 Å². The van der Waals surface area contributed by atoms with Gasteiger partial charge in [-0.15, -0.1) is 0 Å². The van der Waals surface area contributed by atoms with Crippen LogP contribution < -0.4 is 10.7 Å². The summed E-state index contributed by atoms with van der Waals surface area (Å²) < 4.78 is 0. The van der Waals surface area contributed by atoms with Crippen LogP contribution >= 0.6 is 0 Å². The smallest absolute Gasteiger partial charge is 0.272 e. The predicted molar refractivity (Wildman–Crippen MR) is 98.0 cm³/mol. The van der Waals surface area contributed by atoms with E-state index < -0.39 is 16.7 Å². The van der Waals surface area contributed by atoms with Crippen molar-refractivity contribution in [2.45, 2.75) is 20.3 Å². The number of nitro groups is 1. The van der Waals surface area contributed by atoms with Crippen LogP contribution in [-0.4, -0.2) is 23.0 Å². The fraction of sp³-hybridized carbons (Fsp3) is 0.167. The van der Waals surface area contributed by atoms with Gasteiger partial charge < -0.3 is 5.32 Å². The van der Waals surface area contributed by atoms with Gasteiger partial charge in [-0.3, -0.25) is 19.7 Å². The molecule has 2 N–H and O–H groups in total. The van der Waals surface area contributed by atoms with Crippen LogP contribution in [-0.2, 0) is 9.59 Å². The number of nitrogens with one attached hydrogen (secondary N) is 2. The van der Waals surface area contributed by atoms with Crippen molar-refractivity contribution in [1.82, 2.24) is 5.43 Å². The van der Waals surface area contributed by atoms with Gasteiger partial charge in [0.25, 0.3) is 5.69 Å². The molecular formula is C18H18N4O4. The molecule has 2 aromatic rings. The molecule has 0 aromatic heterocycles. The van der Waals surface area contributed by atoms with Gasteiger partial charge in [-0.05, 0) is 26.0 Å². The summed E-state index contributed by atoms with van der Waals surface area (Å²) in [6.07, 6.45) is 0.890. The van der Waals surface area contributed by atoms with Crippen molar-refractivity contribution in [3.8, 4) is 0 Å². The molecule has 8 nitrogen and oxygen atoms in total. The number of nitrogens with zero attached hydrogens (tertiary/aromatic N) is 2. The number of anilines is 1. The zero-order valence-corrected chi connectivity index (χ0v) is 14.4. The third-order valence-electron chi connectivity index (χ3n) is 3.49. The molecule has 0 spiro atoms. The molecule has 0 atom stereocenters. The summed E-state index contributed by atoms with van der Waals surface area (Å²) in [5.41, 5.74) is 4.85. The average Bonchev–Trinajstić information content (AvgIpc) is 2.58. The number of amides is 2. The third-order valence-corrected chi connectivity index (χ3v) is 3.49. The van der Waals surface area contributed by atoms with Crippen LogP contribution in [0.2, 0.25) is 0 Å². The van der Waals surface area contributed by atoms with E-state index in [1.54, 1.807) is 31.2 Å². The molecule has 0 unspecified atom stereocenters. The van der Waals surface area contributed by atoms with E-state index in [0.717, 1.165) is 5.56 Å². The fourth-order valence-corrected chi connectivity index (χ4v) is 2.11. The zero-order chi connectivity index (χ0) is 19.1. The van der Waals surface area contributed by atoms with E-state index >= 15 is 0 Å². The highest BCUT2D eigenvalue weighted by Gasteiger charge is 2.11. The minimum absolute atomic E-state index is 0.0299. The normalized spacial score (nSPS) is 10.5. The zero-order valence-electron chi connectivity index (χ0n) is 14.4. The second-order valence-electron chi connectivity index (χ2n) is 5.69. The van der Waals surface area contributed by atoms with Crippen molar-refractivity contribution in [2.24, 2.45) is 5.10 Å². The van der Waals surface area contributed by atoms with Crippen molar-refractivity contribution in [3.63, 3.8) is 0 Å². The van der Waals surface area contributed by atoms with Gasteiger partial charge in [-0.25, -0.2) is 5.43 Å². The number of carbonyl (C=O) groups is 2. The molecule has 0 bridgehead atoms. The highest BCUT2D eigenvalue weighted by atomic mass is 16.6. The molecule has 0 aliphatic heterocycles. The van der Waals surface area contributed by atoms with Crippen molar-refractivity contribution in [2.75, 3.05) is 5.32 Å². The van der Waals surface area contributed by atoms with E-state index in [1.807, 2.05) is 19.1 Å². The Morgan fingerprint density at radius 1 is 1.12 bits per heavy atom. The fourth-order valence-electron chi connectivity index (χ4n) is 2.11. The van der Waals surface area contributed by atoms with Crippen molar-refractivity contribution < 1.29 is 14.5 Å². The van der Waals surface area contributed by atoms with E-state index in [0.29, 0.717) is 16.8 Å². The number of rotatable bonds is 6. The molecule has 0 aliphatic rings. The summed E-state index contributed by atoms with van der Waals surface area (Å²) in [5.74, 6) is -1.06. The average molecular weight is 354 g/mol. The van der Waals surface area contributed by atoms with Crippen molar-refractivity contribution in [1.29, 1.82) is 0 Å². The molecule has 0 fully saturated rings. The molecule has 0 saturated carbocycles. The van der Waals surface area contributed by atoms with Gasteiger partial charge in [0.2, 0.25) is 11.8 Å². The van der Waals surface area contributed by atoms with Crippen molar-refractivity contribution >= 4 is 29.4 Å². The van der Waals surface area contributed by atoms with Crippen molar-refractivity contribution in [3.05, 3.63) is 69.3 Å². The number of benzene rings is 2. The molecule has 8 heteroatoms. The van der Waals surface area contributed by atoms with Gasteiger partial charge in [0.1, 0.15) is 6.42 Å². The van der Waals surface area contributed by atoms with E-state index in [1.165, 1.54) is 12.3 Å². The molecule has 26 heavy (non-hydrogen) atoms. The maximum absolute atomic E-state index is 11.8. The molecule has 2 amide bonds. The lowest BCUT2D eigenvalue weighted by Gasteiger charge is -2.04. The lowest BCUT2D eigenvalue weighted by molar-refractivity contribution is -0.385. The van der Waals surface area contributed by atoms with Crippen LogP contribution in [0.5, 0.6) is 0 Å². The number of hydrazone groups is 1. The number of nitro benzene ring substituents is 1. The monoisotopic (exact) mass is 354 g/mol. The van der Waals surface area contributed by atoms with E-state index in [4.69, 9.17) is 0 Å². The molecule has 2 rings (SSSR count). The maximum Gasteiger partial charge on any atom is 0.272 e. The Morgan fingerprint density at radius 3 is 2.46 bits per heavy atom. The Labute approximate surface area is 150 Å². The Balaban J connectivity index is 1.87. The molecule has 0 aliphatic carbocycles. The van der Waals surface area contributed by atoms with Crippen LogP contribution in [0.4, 0.5) is 11.4 Å². The van der Waals surface area contributed by atoms with Gasteiger partial charge in [-0.1, -0.05) is 29.8 Å². The molecule has 0 saturated heterocycles. The van der Waals surface area contributed by atoms with Crippen LogP contribution in [0, 0.1) is 24.0 Å². The molecular weight excluding hydrogens is 336 g/mol. The number of hydrogen-bond donors (Lipinski definition) is 2. The SMILES string of the molecule is Cc1ccc(NC(=O)CC(=O)NN=Cc2ccc(C)c([N+](=O)[O-])c2)cc1. The van der Waals surface area contributed by atoms with Crippen LogP contribution in [0.1, 0.15) is 23.1 Å². The summed E-state index contributed by atoms with van der Waals surface area (Å²) in [5, 5.41) is 17.2. The van der Waals surface area contributed by atoms with E-state index in [9.17, 15) is 19.7 Å². The van der Waals surface area contributed by atoms with Crippen LogP contribution in [0.3, 0.4) is 0 Å². The largest absolute Gasteiger partial charge is 0.326 e.